The molecular formula is C21H16F2N4O2S. The van der Waals surface area contributed by atoms with Gasteiger partial charge in [-0.25, -0.2) is 8.78 Å². The predicted molar refractivity (Wildman–Crippen MR) is 107 cm³/mol. The summed E-state index contributed by atoms with van der Waals surface area (Å²) in [6, 6.07) is 10.4. The first-order chi connectivity index (χ1) is 14.5. The maximum Gasteiger partial charge on any atom is 0.192 e. The van der Waals surface area contributed by atoms with Crippen LogP contribution in [0.3, 0.4) is 0 Å². The number of hydrogen-bond acceptors (Lipinski definition) is 6. The zero-order chi connectivity index (χ0) is 21.1. The normalized spacial score (nSPS) is 12.1. The Morgan fingerprint density at radius 3 is 2.73 bits per heavy atom. The molecule has 1 aromatic carbocycles. The van der Waals surface area contributed by atoms with Gasteiger partial charge in [0.2, 0.25) is 0 Å². The number of Topliss-reactive ketones (excluding diaryl/α,β-unsaturated/α-hetero) is 1. The van der Waals surface area contributed by atoms with Gasteiger partial charge in [-0.2, -0.15) is 0 Å². The molecule has 152 valence electrons. The first kappa shape index (κ1) is 20.0. The number of nitrogens with zero attached hydrogens (tertiary/aromatic N) is 4. The highest BCUT2D eigenvalue weighted by atomic mass is 32.2. The molecule has 0 fully saturated rings. The highest BCUT2D eigenvalue weighted by molar-refractivity contribution is 8.00. The molecule has 0 aliphatic rings. The van der Waals surface area contributed by atoms with Gasteiger partial charge in [0, 0.05) is 23.5 Å². The number of furan rings is 1. The molecule has 0 N–H and O–H groups in total. The van der Waals surface area contributed by atoms with Crippen molar-refractivity contribution in [2.75, 3.05) is 0 Å². The maximum atomic E-state index is 13.5. The fourth-order valence-corrected chi connectivity index (χ4v) is 3.81. The number of ketones is 1. The molecule has 3 heterocycles. The molecule has 0 bridgehead atoms. The summed E-state index contributed by atoms with van der Waals surface area (Å²) in [5.74, 6) is -1.12. The Labute approximate surface area is 175 Å². The van der Waals surface area contributed by atoms with Crippen molar-refractivity contribution in [1.29, 1.82) is 0 Å². The highest BCUT2D eigenvalue weighted by Gasteiger charge is 2.23. The maximum absolute atomic E-state index is 13.5. The zero-order valence-corrected chi connectivity index (χ0v) is 16.6. The Hall–Kier alpha value is -3.33. The lowest BCUT2D eigenvalue weighted by Gasteiger charge is -2.12. The van der Waals surface area contributed by atoms with E-state index in [2.05, 4.69) is 15.2 Å². The van der Waals surface area contributed by atoms with Crippen LogP contribution in [-0.4, -0.2) is 30.8 Å². The van der Waals surface area contributed by atoms with Crippen LogP contribution < -0.4 is 0 Å². The number of carbonyl (C=O) groups excluding carboxylic acids is 1. The molecule has 0 aliphatic heterocycles. The third-order valence-corrected chi connectivity index (χ3v) is 5.47. The van der Waals surface area contributed by atoms with E-state index >= 15 is 0 Å². The van der Waals surface area contributed by atoms with Crippen molar-refractivity contribution in [2.24, 2.45) is 0 Å². The van der Waals surface area contributed by atoms with Crippen LogP contribution in [0, 0.1) is 11.6 Å². The van der Waals surface area contributed by atoms with Crippen LogP contribution in [0.1, 0.15) is 23.0 Å². The molecule has 1 atom stereocenters. The molecular weight excluding hydrogens is 410 g/mol. The van der Waals surface area contributed by atoms with Crippen molar-refractivity contribution >= 4 is 17.5 Å². The Balaban J connectivity index is 1.63. The average molecular weight is 426 g/mol. The van der Waals surface area contributed by atoms with Gasteiger partial charge in [-0.15, -0.1) is 10.2 Å². The Bertz CT molecular complexity index is 1160. The molecule has 30 heavy (non-hydrogen) atoms. The second kappa shape index (κ2) is 8.58. The molecule has 4 rings (SSSR count). The number of halogens is 2. The number of benzene rings is 1. The van der Waals surface area contributed by atoms with Gasteiger partial charge in [-0.3, -0.25) is 14.3 Å². The molecule has 0 amide bonds. The molecule has 3 aromatic heterocycles. The topological polar surface area (TPSA) is 73.8 Å². The zero-order valence-electron chi connectivity index (χ0n) is 15.8. The Morgan fingerprint density at radius 2 is 2.03 bits per heavy atom. The van der Waals surface area contributed by atoms with Crippen LogP contribution in [0.2, 0.25) is 0 Å². The first-order valence-corrected chi connectivity index (χ1v) is 9.93. The average Bonchev–Trinajstić information content (AvgIpc) is 3.41. The van der Waals surface area contributed by atoms with Gasteiger partial charge in [0.1, 0.15) is 5.76 Å². The predicted octanol–water partition coefficient (Wildman–Crippen LogP) is 4.62. The lowest BCUT2D eigenvalue weighted by atomic mass is 10.1. The first-order valence-electron chi connectivity index (χ1n) is 9.05. The van der Waals surface area contributed by atoms with Crippen LogP contribution >= 0.6 is 11.8 Å². The van der Waals surface area contributed by atoms with E-state index in [9.17, 15) is 13.6 Å². The van der Waals surface area contributed by atoms with Gasteiger partial charge in [0.15, 0.2) is 28.4 Å². The third kappa shape index (κ3) is 4.16. The fraction of sp³-hybridized carbons (Fsp3) is 0.143. The van der Waals surface area contributed by atoms with Crippen LogP contribution in [-0.2, 0) is 6.54 Å². The largest absolute Gasteiger partial charge is 0.467 e. The van der Waals surface area contributed by atoms with Crippen molar-refractivity contribution in [3.8, 4) is 11.4 Å². The van der Waals surface area contributed by atoms with Gasteiger partial charge >= 0.3 is 0 Å². The van der Waals surface area contributed by atoms with Gasteiger partial charge in [-0.1, -0.05) is 11.8 Å². The van der Waals surface area contributed by atoms with Crippen molar-refractivity contribution in [1.82, 2.24) is 19.7 Å². The number of pyridine rings is 1. The SMILES string of the molecule is CC(Sc1nnc(-c2cccnc2)n1Cc1ccco1)C(=O)c1ccc(F)c(F)c1. The molecule has 0 saturated heterocycles. The van der Waals surface area contributed by atoms with Gasteiger partial charge < -0.3 is 4.42 Å². The summed E-state index contributed by atoms with van der Waals surface area (Å²) in [6.45, 7) is 2.04. The quantitative estimate of drug-likeness (QED) is 0.317. The van der Waals surface area contributed by atoms with E-state index in [0.717, 1.165) is 17.7 Å². The number of aromatic nitrogens is 4. The molecule has 0 saturated carbocycles. The Kier molecular flexibility index (Phi) is 5.71. The fourth-order valence-electron chi connectivity index (χ4n) is 2.88. The second-order valence-corrected chi connectivity index (χ2v) is 7.77. The van der Waals surface area contributed by atoms with Crippen LogP contribution in [0.25, 0.3) is 11.4 Å². The van der Waals surface area contributed by atoms with Gasteiger partial charge in [0.25, 0.3) is 0 Å². The van der Waals surface area contributed by atoms with Gasteiger partial charge in [-0.05, 0) is 49.4 Å². The van der Waals surface area contributed by atoms with Crippen LogP contribution in [0.4, 0.5) is 8.78 Å². The van der Waals surface area contributed by atoms with E-state index in [1.165, 1.54) is 17.8 Å². The molecule has 0 radical (unpaired) electrons. The van der Waals surface area contributed by atoms with E-state index in [4.69, 9.17) is 4.42 Å². The Morgan fingerprint density at radius 1 is 1.17 bits per heavy atom. The summed E-state index contributed by atoms with van der Waals surface area (Å²) in [5, 5.41) is 8.40. The summed E-state index contributed by atoms with van der Waals surface area (Å²) in [5.41, 5.74) is 0.862. The summed E-state index contributed by atoms with van der Waals surface area (Å²) in [4.78, 5) is 16.8. The van der Waals surface area contributed by atoms with E-state index in [-0.39, 0.29) is 11.3 Å². The standard InChI is InChI=1S/C21H16F2N4O2S/c1-13(19(28)14-6-7-17(22)18(23)10-14)30-21-26-25-20(15-4-2-8-24-11-15)27(21)12-16-5-3-9-29-16/h2-11,13H,12H2,1H3. The van der Waals surface area contributed by atoms with Crippen molar-refractivity contribution in [3.05, 3.63) is 84.1 Å². The van der Waals surface area contributed by atoms with Gasteiger partial charge in [0.05, 0.1) is 18.1 Å². The molecule has 9 heteroatoms. The molecule has 1 unspecified atom stereocenters. The number of hydrogen-bond donors (Lipinski definition) is 0. The summed E-state index contributed by atoms with van der Waals surface area (Å²) < 4.78 is 34.0. The van der Waals surface area contributed by atoms with E-state index in [1.54, 1.807) is 37.7 Å². The molecule has 0 aliphatic carbocycles. The van der Waals surface area contributed by atoms with E-state index in [0.29, 0.717) is 23.3 Å². The van der Waals surface area contributed by atoms with E-state index in [1.807, 2.05) is 16.7 Å². The summed E-state index contributed by atoms with van der Waals surface area (Å²) in [7, 11) is 0. The lowest BCUT2D eigenvalue weighted by molar-refractivity contribution is 0.0993. The third-order valence-electron chi connectivity index (χ3n) is 4.39. The van der Waals surface area contributed by atoms with Crippen molar-refractivity contribution < 1.29 is 18.0 Å². The minimum Gasteiger partial charge on any atom is -0.467 e. The highest BCUT2D eigenvalue weighted by Crippen LogP contribution is 2.29. The molecule has 6 nitrogen and oxygen atoms in total. The van der Waals surface area contributed by atoms with Crippen molar-refractivity contribution in [3.63, 3.8) is 0 Å². The minimum atomic E-state index is -1.06. The number of thioether (sulfide) groups is 1. The van der Waals surface area contributed by atoms with Crippen LogP contribution in [0.5, 0.6) is 0 Å². The second-order valence-electron chi connectivity index (χ2n) is 6.47. The smallest absolute Gasteiger partial charge is 0.192 e. The lowest BCUT2D eigenvalue weighted by Crippen LogP contribution is -2.15. The van der Waals surface area contributed by atoms with E-state index < -0.39 is 16.9 Å². The molecule has 4 aromatic rings. The molecule has 0 spiro atoms. The summed E-state index contributed by atoms with van der Waals surface area (Å²) >= 11 is 1.18. The summed E-state index contributed by atoms with van der Waals surface area (Å²) in [6.07, 6.45) is 4.91. The van der Waals surface area contributed by atoms with Crippen LogP contribution in [0.15, 0.2) is 70.7 Å². The number of rotatable bonds is 7. The van der Waals surface area contributed by atoms with Crippen molar-refractivity contribution in [2.45, 2.75) is 23.9 Å². The monoisotopic (exact) mass is 426 g/mol. The minimum absolute atomic E-state index is 0.0958. The number of carbonyl (C=O) groups is 1.